The summed E-state index contributed by atoms with van der Waals surface area (Å²) >= 11 is 5.83. The van der Waals surface area contributed by atoms with Crippen LogP contribution in [-0.2, 0) is 11.4 Å². The van der Waals surface area contributed by atoms with Crippen molar-refractivity contribution < 1.29 is 4.84 Å². The number of halogens is 1. The third-order valence-corrected chi connectivity index (χ3v) is 3.12. The average Bonchev–Trinajstić information content (AvgIpc) is 2.41. The highest BCUT2D eigenvalue weighted by Crippen LogP contribution is 2.10. The van der Waals surface area contributed by atoms with Crippen molar-refractivity contribution in [2.45, 2.75) is 13.5 Å². The summed E-state index contributed by atoms with van der Waals surface area (Å²) in [5.41, 5.74) is 6.17. The fourth-order valence-electron chi connectivity index (χ4n) is 1.76. The Kier molecular flexibility index (Phi) is 4.96. The first-order valence-electron chi connectivity index (χ1n) is 6.15. The summed E-state index contributed by atoms with van der Waals surface area (Å²) in [4.78, 5) is 11.9. The molecule has 0 amide bonds. The van der Waals surface area contributed by atoms with Crippen molar-refractivity contribution in [1.82, 2.24) is 10.4 Å². The second-order valence-electron chi connectivity index (χ2n) is 4.63. The summed E-state index contributed by atoms with van der Waals surface area (Å²) in [6.45, 7) is 4.12. The number of likely N-dealkylation sites (N-methyl/N-ethyl adjacent to an activating group) is 1. The van der Waals surface area contributed by atoms with Gasteiger partial charge in [-0.3, -0.25) is 20.2 Å². The van der Waals surface area contributed by atoms with Gasteiger partial charge in [-0.05, 0) is 31.7 Å². The van der Waals surface area contributed by atoms with Gasteiger partial charge in [0, 0.05) is 29.1 Å². The lowest BCUT2D eigenvalue weighted by molar-refractivity contribution is 0.0486. The number of nitrogens with zero attached hydrogens (tertiary/aromatic N) is 2. The fraction of sp³-hybridized carbons (Fsp3) is 0.357. The third-order valence-electron chi connectivity index (χ3n) is 2.87. The van der Waals surface area contributed by atoms with Crippen molar-refractivity contribution in [1.29, 1.82) is 0 Å². The molecule has 0 saturated carbocycles. The number of allylic oxidation sites excluding steroid dienone is 1. The summed E-state index contributed by atoms with van der Waals surface area (Å²) in [6, 6.07) is 7.60. The Hall–Kier alpha value is -1.36. The molecule has 0 bridgehead atoms. The average molecular weight is 280 g/mol. The molecule has 0 aliphatic carbocycles. The number of hydroxylamine groups is 1. The van der Waals surface area contributed by atoms with E-state index in [0.717, 1.165) is 35.1 Å². The Labute approximate surface area is 118 Å². The van der Waals surface area contributed by atoms with E-state index in [2.05, 4.69) is 15.4 Å². The summed E-state index contributed by atoms with van der Waals surface area (Å²) in [5.74, 6) is 0. The van der Waals surface area contributed by atoms with Crippen LogP contribution in [0.15, 0.2) is 40.5 Å². The normalized spacial score (nSPS) is 18.5. The van der Waals surface area contributed by atoms with Gasteiger partial charge in [-0.2, -0.15) is 0 Å². The number of hydrogen-bond donors (Lipinski definition) is 1. The van der Waals surface area contributed by atoms with Gasteiger partial charge >= 0.3 is 0 Å². The van der Waals surface area contributed by atoms with Gasteiger partial charge in [0.15, 0.2) is 0 Å². The van der Waals surface area contributed by atoms with Crippen molar-refractivity contribution in [3.8, 4) is 0 Å². The molecule has 1 N–H and O–H groups in total. The lowest BCUT2D eigenvalue weighted by atomic mass is 10.2. The first-order valence-corrected chi connectivity index (χ1v) is 6.53. The maximum Gasteiger partial charge on any atom is 0.0996 e. The monoisotopic (exact) mass is 279 g/mol. The quantitative estimate of drug-likeness (QED) is 0.861. The van der Waals surface area contributed by atoms with E-state index in [0.29, 0.717) is 6.61 Å². The van der Waals surface area contributed by atoms with Crippen LogP contribution < -0.4 is 5.48 Å². The molecule has 1 aliphatic heterocycles. The van der Waals surface area contributed by atoms with E-state index >= 15 is 0 Å². The molecule has 0 saturated heterocycles. The first kappa shape index (κ1) is 14.1. The fourth-order valence-corrected chi connectivity index (χ4v) is 1.89. The summed E-state index contributed by atoms with van der Waals surface area (Å²) < 4.78 is 0. The van der Waals surface area contributed by atoms with Crippen molar-refractivity contribution in [2.24, 2.45) is 4.99 Å². The smallest absolute Gasteiger partial charge is 0.0996 e. The third kappa shape index (κ3) is 4.35. The molecule has 0 atom stereocenters. The molecule has 0 fully saturated rings. The summed E-state index contributed by atoms with van der Waals surface area (Å²) in [6.07, 6.45) is 1.90. The topological polar surface area (TPSA) is 36.9 Å². The second kappa shape index (κ2) is 6.70. The zero-order chi connectivity index (χ0) is 13.7. The second-order valence-corrected chi connectivity index (χ2v) is 5.07. The van der Waals surface area contributed by atoms with E-state index in [4.69, 9.17) is 16.4 Å². The minimum Gasteiger partial charge on any atom is -0.283 e. The number of benzene rings is 1. The van der Waals surface area contributed by atoms with Crippen LogP contribution in [0, 0.1) is 0 Å². The Balaban J connectivity index is 1.85. The number of rotatable bonds is 4. The molecule has 0 radical (unpaired) electrons. The minimum atomic E-state index is 0.495. The highest BCUT2D eigenvalue weighted by Gasteiger charge is 2.08. The molecule has 1 aliphatic rings. The first-order chi connectivity index (χ1) is 9.15. The van der Waals surface area contributed by atoms with Crippen LogP contribution in [0.1, 0.15) is 12.5 Å². The molecule has 1 aromatic rings. The number of aliphatic imine (C=N–C) groups is 1. The molecule has 19 heavy (non-hydrogen) atoms. The van der Waals surface area contributed by atoms with Crippen LogP contribution in [0.25, 0.3) is 0 Å². The van der Waals surface area contributed by atoms with Gasteiger partial charge in [-0.1, -0.05) is 23.7 Å². The molecule has 5 heteroatoms. The van der Waals surface area contributed by atoms with E-state index < -0.39 is 0 Å². The van der Waals surface area contributed by atoms with E-state index in [1.54, 1.807) is 0 Å². The maximum absolute atomic E-state index is 5.83. The van der Waals surface area contributed by atoms with Gasteiger partial charge in [0.1, 0.15) is 0 Å². The van der Waals surface area contributed by atoms with Gasteiger partial charge in [0.05, 0.1) is 13.3 Å². The maximum atomic E-state index is 5.83. The lowest BCUT2D eigenvalue weighted by Crippen LogP contribution is -2.28. The van der Waals surface area contributed by atoms with E-state index in [1.165, 1.54) is 0 Å². The lowest BCUT2D eigenvalue weighted by Gasteiger charge is -2.21. The van der Waals surface area contributed by atoms with Crippen molar-refractivity contribution in [3.05, 3.63) is 46.1 Å². The molecule has 0 aromatic heterocycles. The Bertz CT molecular complexity index is 482. The predicted octanol–water partition coefficient (Wildman–Crippen LogP) is 2.61. The molecule has 4 nitrogen and oxygen atoms in total. The van der Waals surface area contributed by atoms with Crippen LogP contribution in [0.5, 0.6) is 0 Å². The van der Waals surface area contributed by atoms with Crippen LogP contribution in [0.3, 0.4) is 0 Å². The standard InChI is InChI=1S/C14H18ClN3O/c1-11(13-7-16-10-18(2)8-13)17-19-9-12-3-5-14(15)6-4-12/h3-7,17H,8-10H2,1-2H3/b13-11-. The summed E-state index contributed by atoms with van der Waals surface area (Å²) in [7, 11) is 2.04. The molecular formula is C14H18ClN3O. The van der Waals surface area contributed by atoms with Gasteiger partial charge in [0.2, 0.25) is 0 Å². The number of hydrogen-bond acceptors (Lipinski definition) is 4. The zero-order valence-electron chi connectivity index (χ0n) is 11.2. The molecule has 1 aromatic carbocycles. The van der Waals surface area contributed by atoms with E-state index in [-0.39, 0.29) is 0 Å². The molecular weight excluding hydrogens is 262 g/mol. The number of nitrogens with one attached hydrogen (secondary N) is 1. The van der Waals surface area contributed by atoms with E-state index in [1.807, 2.05) is 44.5 Å². The summed E-state index contributed by atoms with van der Waals surface area (Å²) in [5, 5.41) is 0.733. The molecule has 102 valence electrons. The zero-order valence-corrected chi connectivity index (χ0v) is 11.9. The van der Waals surface area contributed by atoms with Crippen LogP contribution >= 0.6 is 11.6 Å². The van der Waals surface area contributed by atoms with Gasteiger partial charge in [0.25, 0.3) is 0 Å². The Morgan fingerprint density at radius 3 is 2.84 bits per heavy atom. The van der Waals surface area contributed by atoms with Gasteiger partial charge < -0.3 is 0 Å². The minimum absolute atomic E-state index is 0.495. The highest BCUT2D eigenvalue weighted by atomic mass is 35.5. The van der Waals surface area contributed by atoms with Crippen LogP contribution in [0.4, 0.5) is 0 Å². The van der Waals surface area contributed by atoms with Crippen molar-refractivity contribution >= 4 is 17.8 Å². The van der Waals surface area contributed by atoms with Crippen molar-refractivity contribution in [2.75, 3.05) is 20.3 Å². The van der Waals surface area contributed by atoms with Crippen LogP contribution in [-0.4, -0.2) is 31.4 Å². The molecule has 0 spiro atoms. The largest absolute Gasteiger partial charge is 0.283 e. The molecule has 1 heterocycles. The van der Waals surface area contributed by atoms with Crippen molar-refractivity contribution in [3.63, 3.8) is 0 Å². The highest BCUT2D eigenvalue weighted by molar-refractivity contribution is 6.30. The SMILES string of the molecule is C/C(NOCc1ccc(Cl)cc1)=C1\C=NCN(C)C1. The van der Waals surface area contributed by atoms with Crippen LogP contribution in [0.2, 0.25) is 5.02 Å². The van der Waals surface area contributed by atoms with Gasteiger partial charge in [-0.25, -0.2) is 0 Å². The van der Waals surface area contributed by atoms with Gasteiger partial charge in [-0.15, -0.1) is 0 Å². The Morgan fingerprint density at radius 1 is 1.42 bits per heavy atom. The van der Waals surface area contributed by atoms with E-state index in [9.17, 15) is 0 Å². The molecule has 2 rings (SSSR count). The molecule has 0 unspecified atom stereocenters. The Morgan fingerprint density at radius 2 is 2.16 bits per heavy atom. The predicted molar refractivity (Wildman–Crippen MR) is 78.1 cm³/mol.